The Morgan fingerprint density at radius 2 is 1.97 bits per heavy atom. The zero-order valence-corrected chi connectivity index (χ0v) is 23.0. The number of aryl methyl sites for hydroxylation is 2. The molecule has 0 bridgehead atoms. The van der Waals surface area contributed by atoms with Crippen molar-refractivity contribution in [3.63, 3.8) is 0 Å². The van der Waals surface area contributed by atoms with Gasteiger partial charge in [0.05, 0.1) is 23.9 Å². The number of carbonyl (C=O) groups is 2. The summed E-state index contributed by atoms with van der Waals surface area (Å²) in [6.07, 6.45) is 3.21. The van der Waals surface area contributed by atoms with Gasteiger partial charge in [-0.05, 0) is 57.6 Å². The summed E-state index contributed by atoms with van der Waals surface area (Å²) in [5.74, 6) is 0.439. The third-order valence-corrected chi connectivity index (χ3v) is 6.90. The van der Waals surface area contributed by atoms with Crippen molar-refractivity contribution in [2.75, 3.05) is 37.4 Å². The topological polar surface area (TPSA) is 133 Å². The number of likely N-dealkylation sites (N-methyl/N-ethyl adjacent to an activating group) is 1. The van der Waals surface area contributed by atoms with Crippen LogP contribution in [0.5, 0.6) is 5.75 Å². The molecule has 2 aromatic heterocycles. The molecule has 11 heteroatoms. The van der Waals surface area contributed by atoms with Crippen molar-refractivity contribution in [3.8, 4) is 5.75 Å². The highest BCUT2D eigenvalue weighted by Crippen LogP contribution is 2.35. The molecular formula is C28H36N6O5. The van der Waals surface area contributed by atoms with Crippen LogP contribution in [0.15, 0.2) is 47.2 Å². The lowest BCUT2D eigenvalue weighted by molar-refractivity contribution is 0.0343. The van der Waals surface area contributed by atoms with Crippen LogP contribution in [0, 0.1) is 19.8 Å². The van der Waals surface area contributed by atoms with Crippen LogP contribution in [0.1, 0.15) is 41.2 Å². The highest BCUT2D eigenvalue weighted by Gasteiger charge is 2.34. The van der Waals surface area contributed by atoms with E-state index in [-0.39, 0.29) is 30.6 Å². The second-order valence-electron chi connectivity index (χ2n) is 10.1. The number of pyridine rings is 1. The molecule has 1 aromatic carbocycles. The van der Waals surface area contributed by atoms with Crippen LogP contribution in [0.25, 0.3) is 0 Å². The number of nitrogens with one attached hydrogen (secondary N) is 2. The summed E-state index contributed by atoms with van der Waals surface area (Å²) in [4.78, 5) is 34.5. The van der Waals surface area contributed by atoms with Crippen molar-refractivity contribution >= 4 is 23.3 Å². The maximum Gasteiger partial charge on any atom is 0.323 e. The van der Waals surface area contributed by atoms with E-state index in [1.165, 1.54) is 0 Å². The number of anilines is 2. The van der Waals surface area contributed by atoms with Gasteiger partial charge in [0.2, 0.25) is 0 Å². The molecule has 0 fully saturated rings. The third kappa shape index (κ3) is 6.55. The number of ether oxygens (including phenoxy) is 1. The number of fused-ring (bicyclic) bond motifs is 1. The fraction of sp³-hybridized carbons (Fsp3) is 0.429. The van der Waals surface area contributed by atoms with Gasteiger partial charge < -0.3 is 29.9 Å². The van der Waals surface area contributed by atoms with E-state index in [4.69, 9.17) is 9.26 Å². The molecule has 11 nitrogen and oxygen atoms in total. The van der Waals surface area contributed by atoms with E-state index in [9.17, 15) is 14.7 Å². The lowest BCUT2D eigenvalue weighted by Gasteiger charge is -2.38. The first-order valence-electron chi connectivity index (χ1n) is 13.0. The minimum Gasteiger partial charge on any atom is -0.486 e. The first-order chi connectivity index (χ1) is 18.7. The summed E-state index contributed by atoms with van der Waals surface area (Å²) in [6.45, 7) is 8.79. The summed E-state index contributed by atoms with van der Waals surface area (Å²) in [6, 6.07) is 8.11. The Morgan fingerprint density at radius 3 is 2.64 bits per heavy atom. The molecule has 3 heterocycles. The molecule has 0 saturated carbocycles. The van der Waals surface area contributed by atoms with Crippen LogP contribution < -0.4 is 15.4 Å². The Labute approximate surface area is 228 Å². The number of hydrogen-bond donors (Lipinski definition) is 3. The number of benzene rings is 1. The van der Waals surface area contributed by atoms with Crippen molar-refractivity contribution in [2.24, 2.45) is 5.92 Å². The molecule has 0 radical (unpaired) electrons. The summed E-state index contributed by atoms with van der Waals surface area (Å²) < 4.78 is 11.7. The molecule has 0 saturated heterocycles. The Morgan fingerprint density at radius 1 is 1.23 bits per heavy atom. The second-order valence-corrected chi connectivity index (χ2v) is 10.1. The predicted molar refractivity (Wildman–Crippen MR) is 147 cm³/mol. The zero-order chi connectivity index (χ0) is 28.1. The van der Waals surface area contributed by atoms with Crippen molar-refractivity contribution in [2.45, 2.75) is 46.4 Å². The van der Waals surface area contributed by atoms with Gasteiger partial charge in [0, 0.05) is 37.9 Å². The van der Waals surface area contributed by atoms with E-state index in [2.05, 4.69) is 25.7 Å². The monoisotopic (exact) mass is 536 g/mol. The highest BCUT2D eigenvalue weighted by molar-refractivity contribution is 6.04. The highest BCUT2D eigenvalue weighted by atomic mass is 16.5. The minimum absolute atomic E-state index is 0.0693. The average Bonchev–Trinajstić information content (AvgIpc) is 3.23. The number of hydrogen-bond acceptors (Lipinski definition) is 8. The molecule has 0 unspecified atom stereocenters. The second kappa shape index (κ2) is 12.3. The Hall–Kier alpha value is -3.96. The largest absolute Gasteiger partial charge is 0.486 e. The Balaban J connectivity index is 1.64. The average molecular weight is 537 g/mol. The van der Waals surface area contributed by atoms with Gasteiger partial charge >= 0.3 is 6.03 Å². The van der Waals surface area contributed by atoms with Gasteiger partial charge in [-0.2, -0.15) is 0 Å². The van der Waals surface area contributed by atoms with Crippen LogP contribution in [0.3, 0.4) is 0 Å². The molecule has 208 valence electrons. The number of rotatable bonds is 8. The van der Waals surface area contributed by atoms with Gasteiger partial charge in [0.15, 0.2) is 11.5 Å². The Kier molecular flexibility index (Phi) is 8.82. The summed E-state index contributed by atoms with van der Waals surface area (Å²) >= 11 is 0. The van der Waals surface area contributed by atoms with E-state index in [1.54, 1.807) is 49.3 Å². The fourth-order valence-corrected chi connectivity index (χ4v) is 4.66. The molecule has 0 aliphatic carbocycles. The van der Waals surface area contributed by atoms with E-state index >= 15 is 0 Å². The molecule has 4 rings (SSSR count). The Bertz CT molecular complexity index is 1280. The third-order valence-electron chi connectivity index (χ3n) is 6.90. The fourth-order valence-electron chi connectivity index (χ4n) is 4.66. The number of urea groups is 1. The summed E-state index contributed by atoms with van der Waals surface area (Å²) in [5, 5.41) is 19.4. The normalized spacial score (nSPS) is 18.1. The van der Waals surface area contributed by atoms with Gasteiger partial charge in [-0.15, -0.1) is 0 Å². The van der Waals surface area contributed by atoms with Crippen LogP contribution in [-0.2, 0) is 6.54 Å². The number of aromatic nitrogens is 2. The molecule has 0 spiro atoms. The SMILES string of the molecule is Cc1noc(C)c1NC(=O)Nc1cccc2c1O[C@@H](CN(C)Cc1ccncc1)[C@@H](C)CN([C@@H](C)CO)C2=O. The molecule has 3 aromatic rings. The molecular weight excluding hydrogens is 500 g/mol. The quantitative estimate of drug-likeness (QED) is 0.397. The summed E-state index contributed by atoms with van der Waals surface area (Å²) in [5.41, 5.74) is 2.83. The number of nitrogens with zero attached hydrogens (tertiary/aromatic N) is 4. The van der Waals surface area contributed by atoms with Crippen LogP contribution in [-0.4, -0.2) is 75.9 Å². The number of para-hydroxylation sites is 1. The van der Waals surface area contributed by atoms with Gasteiger partial charge in [-0.25, -0.2) is 4.79 Å². The first-order valence-corrected chi connectivity index (χ1v) is 13.0. The maximum absolute atomic E-state index is 13.7. The molecule has 1 aliphatic heterocycles. The number of amides is 3. The zero-order valence-electron chi connectivity index (χ0n) is 23.0. The lowest BCUT2D eigenvalue weighted by Crippen LogP contribution is -2.49. The van der Waals surface area contributed by atoms with E-state index in [0.717, 1.165) is 5.56 Å². The number of aliphatic hydroxyl groups is 1. The van der Waals surface area contributed by atoms with Crippen molar-refractivity contribution in [1.29, 1.82) is 0 Å². The molecule has 39 heavy (non-hydrogen) atoms. The van der Waals surface area contributed by atoms with Crippen molar-refractivity contribution in [3.05, 3.63) is 65.3 Å². The van der Waals surface area contributed by atoms with Gasteiger partial charge in [0.1, 0.15) is 17.5 Å². The first kappa shape index (κ1) is 28.1. The van der Waals surface area contributed by atoms with Crippen LogP contribution in [0.2, 0.25) is 0 Å². The summed E-state index contributed by atoms with van der Waals surface area (Å²) in [7, 11) is 2.01. The van der Waals surface area contributed by atoms with E-state index < -0.39 is 6.03 Å². The van der Waals surface area contributed by atoms with E-state index in [1.807, 2.05) is 33.0 Å². The molecule has 3 atom stereocenters. The van der Waals surface area contributed by atoms with Gasteiger partial charge in [-0.3, -0.25) is 14.7 Å². The maximum atomic E-state index is 13.7. The van der Waals surface area contributed by atoms with Gasteiger partial charge in [-0.1, -0.05) is 18.1 Å². The molecule has 1 aliphatic rings. The van der Waals surface area contributed by atoms with Crippen molar-refractivity contribution in [1.82, 2.24) is 19.9 Å². The number of aliphatic hydroxyl groups excluding tert-OH is 1. The number of carbonyl (C=O) groups excluding carboxylic acids is 2. The standard InChI is InChI=1S/C28H36N6O5/c1-17-13-34(18(2)16-35)27(36)22-7-6-8-23(30-28(37)31-25-19(3)32-39-20(25)4)26(22)38-24(17)15-33(5)14-21-9-11-29-12-10-21/h6-12,17-18,24,35H,13-16H2,1-5H3,(H2,30,31,37)/t17-,18-,24-/m0/s1. The van der Waals surface area contributed by atoms with E-state index in [0.29, 0.717) is 53.8 Å². The lowest BCUT2D eigenvalue weighted by atomic mass is 9.99. The smallest absolute Gasteiger partial charge is 0.323 e. The van der Waals surface area contributed by atoms with Gasteiger partial charge in [0.25, 0.3) is 5.91 Å². The van der Waals surface area contributed by atoms with Crippen LogP contribution in [0.4, 0.5) is 16.2 Å². The van der Waals surface area contributed by atoms with Crippen LogP contribution >= 0.6 is 0 Å². The minimum atomic E-state index is -0.518. The molecule has 3 amide bonds. The molecule has 3 N–H and O–H groups in total. The predicted octanol–water partition coefficient (Wildman–Crippen LogP) is 3.68. The van der Waals surface area contributed by atoms with Crippen molar-refractivity contribution < 1.29 is 24.0 Å².